The smallest absolute Gasteiger partial charge is 0.316 e. The standard InChI is InChI=1S/C14H17F4N/c1-13(15)6-7-19-9-12(13)8-10-2-4-11(5-3-10)14(16,17)18/h2-5,12,19H,6-9H2,1H3. The number of rotatable bonds is 2. The van der Waals surface area contributed by atoms with E-state index in [1.54, 1.807) is 6.92 Å². The van der Waals surface area contributed by atoms with E-state index in [-0.39, 0.29) is 5.92 Å². The van der Waals surface area contributed by atoms with Crippen LogP contribution in [0, 0.1) is 5.92 Å². The zero-order chi connectivity index (χ0) is 14.1. The first kappa shape index (κ1) is 14.3. The van der Waals surface area contributed by atoms with E-state index in [9.17, 15) is 17.6 Å². The Morgan fingerprint density at radius 3 is 2.42 bits per heavy atom. The SMILES string of the molecule is CC1(F)CCNCC1Cc1ccc(C(F)(F)F)cc1. The Labute approximate surface area is 110 Å². The molecule has 1 heterocycles. The molecular weight excluding hydrogens is 258 g/mol. The number of hydrogen-bond acceptors (Lipinski definition) is 1. The lowest BCUT2D eigenvalue weighted by Gasteiger charge is -2.35. The lowest BCUT2D eigenvalue weighted by atomic mass is 9.81. The second kappa shape index (κ2) is 5.12. The van der Waals surface area contributed by atoms with Gasteiger partial charge in [0.25, 0.3) is 0 Å². The van der Waals surface area contributed by atoms with Crippen molar-refractivity contribution in [2.45, 2.75) is 31.6 Å². The molecule has 1 aromatic rings. The number of halogens is 4. The zero-order valence-corrected chi connectivity index (χ0v) is 10.7. The third-order valence-corrected chi connectivity index (χ3v) is 3.80. The normalized spacial score (nSPS) is 28.4. The van der Waals surface area contributed by atoms with Gasteiger partial charge in [0.15, 0.2) is 0 Å². The molecule has 1 aliphatic rings. The monoisotopic (exact) mass is 275 g/mol. The summed E-state index contributed by atoms with van der Waals surface area (Å²) in [6, 6.07) is 4.99. The third kappa shape index (κ3) is 3.47. The number of benzene rings is 1. The quantitative estimate of drug-likeness (QED) is 0.813. The maximum atomic E-state index is 14.3. The van der Waals surface area contributed by atoms with Crippen LogP contribution >= 0.6 is 0 Å². The van der Waals surface area contributed by atoms with E-state index in [1.807, 2.05) is 0 Å². The van der Waals surface area contributed by atoms with E-state index >= 15 is 0 Å². The van der Waals surface area contributed by atoms with Crippen molar-refractivity contribution in [1.29, 1.82) is 0 Å². The van der Waals surface area contributed by atoms with Crippen molar-refractivity contribution in [2.75, 3.05) is 13.1 Å². The summed E-state index contributed by atoms with van der Waals surface area (Å²) < 4.78 is 51.6. The Kier molecular flexibility index (Phi) is 3.85. The van der Waals surface area contributed by atoms with Crippen molar-refractivity contribution >= 4 is 0 Å². The molecule has 1 aromatic carbocycles. The molecule has 1 N–H and O–H groups in total. The minimum absolute atomic E-state index is 0.196. The van der Waals surface area contributed by atoms with Gasteiger partial charge in [-0.05, 0) is 44.0 Å². The van der Waals surface area contributed by atoms with Crippen LogP contribution in [0.3, 0.4) is 0 Å². The Bertz CT molecular complexity index is 422. The minimum Gasteiger partial charge on any atom is -0.316 e. The molecule has 0 amide bonds. The summed E-state index contributed by atoms with van der Waals surface area (Å²) in [6.45, 7) is 2.78. The third-order valence-electron chi connectivity index (χ3n) is 3.80. The molecule has 0 bridgehead atoms. The van der Waals surface area contributed by atoms with Gasteiger partial charge in [0.05, 0.1) is 5.56 Å². The fraction of sp³-hybridized carbons (Fsp3) is 0.571. The van der Waals surface area contributed by atoms with Crippen molar-refractivity contribution in [3.8, 4) is 0 Å². The summed E-state index contributed by atoms with van der Waals surface area (Å²) in [5.74, 6) is -0.196. The molecule has 106 valence electrons. The Morgan fingerprint density at radius 2 is 1.89 bits per heavy atom. The van der Waals surface area contributed by atoms with Crippen LogP contribution in [0.4, 0.5) is 17.6 Å². The lowest BCUT2D eigenvalue weighted by molar-refractivity contribution is -0.137. The first-order valence-electron chi connectivity index (χ1n) is 6.35. The van der Waals surface area contributed by atoms with Crippen LogP contribution in [-0.4, -0.2) is 18.8 Å². The average Bonchev–Trinajstić information content (AvgIpc) is 2.31. The van der Waals surface area contributed by atoms with E-state index in [4.69, 9.17) is 0 Å². The van der Waals surface area contributed by atoms with Gasteiger partial charge < -0.3 is 5.32 Å². The fourth-order valence-corrected chi connectivity index (χ4v) is 2.43. The van der Waals surface area contributed by atoms with Gasteiger partial charge in [-0.15, -0.1) is 0 Å². The van der Waals surface area contributed by atoms with Crippen molar-refractivity contribution in [2.24, 2.45) is 5.92 Å². The summed E-state index contributed by atoms with van der Waals surface area (Å²) in [4.78, 5) is 0. The molecule has 1 saturated heterocycles. The largest absolute Gasteiger partial charge is 0.416 e. The Hall–Kier alpha value is -1.10. The summed E-state index contributed by atoms with van der Waals surface area (Å²) in [6.07, 6.45) is -3.42. The molecular formula is C14H17F4N. The van der Waals surface area contributed by atoms with Gasteiger partial charge >= 0.3 is 6.18 Å². The number of alkyl halides is 4. The number of hydrogen-bond donors (Lipinski definition) is 1. The van der Waals surface area contributed by atoms with Gasteiger partial charge in [0, 0.05) is 12.5 Å². The minimum atomic E-state index is -4.32. The van der Waals surface area contributed by atoms with Crippen LogP contribution in [0.2, 0.25) is 0 Å². The number of piperidine rings is 1. The molecule has 2 rings (SSSR count). The van der Waals surface area contributed by atoms with Crippen molar-refractivity contribution in [3.63, 3.8) is 0 Å². The van der Waals surface area contributed by atoms with E-state index < -0.39 is 17.4 Å². The molecule has 0 radical (unpaired) electrons. The predicted molar refractivity (Wildman–Crippen MR) is 65.6 cm³/mol. The molecule has 0 aliphatic carbocycles. The molecule has 0 spiro atoms. The van der Waals surface area contributed by atoms with Crippen molar-refractivity contribution in [3.05, 3.63) is 35.4 Å². The maximum absolute atomic E-state index is 14.3. The van der Waals surface area contributed by atoms with Gasteiger partial charge in [-0.3, -0.25) is 0 Å². The first-order chi connectivity index (χ1) is 8.79. The topological polar surface area (TPSA) is 12.0 Å². The maximum Gasteiger partial charge on any atom is 0.416 e. The Morgan fingerprint density at radius 1 is 1.26 bits per heavy atom. The predicted octanol–water partition coefficient (Wildman–Crippen LogP) is 3.59. The van der Waals surface area contributed by atoms with Crippen molar-refractivity contribution in [1.82, 2.24) is 5.32 Å². The van der Waals surface area contributed by atoms with E-state index in [0.29, 0.717) is 25.9 Å². The van der Waals surface area contributed by atoms with Crippen LogP contribution in [-0.2, 0) is 12.6 Å². The van der Waals surface area contributed by atoms with Crippen LogP contribution < -0.4 is 5.32 Å². The molecule has 2 unspecified atom stereocenters. The number of nitrogens with one attached hydrogen (secondary N) is 1. The molecule has 1 fully saturated rings. The fourth-order valence-electron chi connectivity index (χ4n) is 2.43. The second-order valence-corrected chi connectivity index (χ2v) is 5.33. The lowest BCUT2D eigenvalue weighted by Crippen LogP contribution is -2.46. The Balaban J connectivity index is 2.07. The summed E-state index contributed by atoms with van der Waals surface area (Å²) in [5, 5.41) is 3.13. The summed E-state index contributed by atoms with van der Waals surface area (Å²) in [7, 11) is 0. The highest BCUT2D eigenvalue weighted by Crippen LogP contribution is 2.32. The van der Waals surface area contributed by atoms with E-state index in [0.717, 1.165) is 17.7 Å². The molecule has 1 nitrogen and oxygen atoms in total. The van der Waals surface area contributed by atoms with Gasteiger partial charge in [0.1, 0.15) is 5.67 Å². The van der Waals surface area contributed by atoms with Gasteiger partial charge in [-0.2, -0.15) is 13.2 Å². The average molecular weight is 275 g/mol. The molecule has 0 aromatic heterocycles. The van der Waals surface area contributed by atoms with Crippen LogP contribution in [0.25, 0.3) is 0 Å². The molecule has 19 heavy (non-hydrogen) atoms. The molecule has 5 heteroatoms. The van der Waals surface area contributed by atoms with Crippen LogP contribution in [0.5, 0.6) is 0 Å². The van der Waals surface area contributed by atoms with Crippen molar-refractivity contribution < 1.29 is 17.6 Å². The zero-order valence-electron chi connectivity index (χ0n) is 10.7. The van der Waals surface area contributed by atoms with Crippen LogP contribution in [0.1, 0.15) is 24.5 Å². The van der Waals surface area contributed by atoms with Gasteiger partial charge in [-0.25, -0.2) is 4.39 Å². The molecule has 1 aliphatic heterocycles. The molecule has 2 atom stereocenters. The second-order valence-electron chi connectivity index (χ2n) is 5.33. The van der Waals surface area contributed by atoms with Gasteiger partial charge in [0.2, 0.25) is 0 Å². The molecule has 0 saturated carbocycles. The van der Waals surface area contributed by atoms with E-state index in [2.05, 4.69) is 5.32 Å². The first-order valence-corrected chi connectivity index (χ1v) is 6.35. The van der Waals surface area contributed by atoms with Gasteiger partial charge in [-0.1, -0.05) is 12.1 Å². The van der Waals surface area contributed by atoms with Crippen LogP contribution in [0.15, 0.2) is 24.3 Å². The highest BCUT2D eigenvalue weighted by Gasteiger charge is 2.36. The van der Waals surface area contributed by atoms with E-state index in [1.165, 1.54) is 12.1 Å². The summed E-state index contributed by atoms with van der Waals surface area (Å²) in [5.41, 5.74) is -1.18. The highest BCUT2D eigenvalue weighted by atomic mass is 19.4. The summed E-state index contributed by atoms with van der Waals surface area (Å²) >= 11 is 0. The highest BCUT2D eigenvalue weighted by molar-refractivity contribution is 5.25.